The minimum absolute atomic E-state index is 0.209. The zero-order chi connectivity index (χ0) is 27.7. The van der Waals surface area contributed by atoms with Crippen LogP contribution in [-0.2, 0) is 18.9 Å². The first kappa shape index (κ1) is 33.7. The number of nitro benzene ring substituents is 2. The Hall–Kier alpha value is -2.34. The van der Waals surface area contributed by atoms with Crippen molar-refractivity contribution in [1.29, 1.82) is 0 Å². The van der Waals surface area contributed by atoms with E-state index in [1.165, 1.54) is 76.3 Å². The monoisotopic (exact) mass is 541 g/mol. The van der Waals surface area contributed by atoms with E-state index < -0.39 is 9.85 Å². The number of nitrogens with one attached hydrogen (secondary N) is 1. The zero-order valence-corrected chi connectivity index (χ0v) is 23.0. The Morgan fingerprint density at radius 2 is 1.11 bits per heavy atom. The second kappa shape index (κ2) is 23.8. The third-order valence-corrected chi connectivity index (χ3v) is 5.96. The lowest BCUT2D eigenvalue weighted by molar-refractivity contribution is -0.393. The Morgan fingerprint density at radius 3 is 1.61 bits per heavy atom. The summed E-state index contributed by atoms with van der Waals surface area (Å²) in [6.45, 7) is 6.59. The van der Waals surface area contributed by atoms with Gasteiger partial charge in [0.2, 0.25) is 0 Å². The predicted molar refractivity (Wildman–Crippen MR) is 148 cm³/mol. The molecule has 0 saturated carbocycles. The molecule has 0 amide bonds. The third kappa shape index (κ3) is 18.0. The number of hydrogen-bond donors (Lipinski definition) is 1. The number of nitrogens with zero attached hydrogens (tertiary/aromatic N) is 2. The molecule has 0 spiro atoms. The van der Waals surface area contributed by atoms with Gasteiger partial charge in [0.1, 0.15) is 5.69 Å². The Labute approximate surface area is 226 Å². The van der Waals surface area contributed by atoms with Crippen LogP contribution in [0.5, 0.6) is 0 Å². The average molecular weight is 542 g/mol. The number of unbranched alkanes of at least 4 members (excludes halogenated alkanes) is 10. The van der Waals surface area contributed by atoms with Crippen LogP contribution in [0.1, 0.15) is 77.6 Å². The molecule has 0 unspecified atom stereocenters. The molecule has 0 bridgehead atoms. The van der Waals surface area contributed by atoms with Crippen molar-refractivity contribution in [3.8, 4) is 0 Å². The molecule has 218 valence electrons. The fraction of sp³-hybridized carbons (Fsp3) is 0.778. The van der Waals surface area contributed by atoms with Crippen molar-refractivity contribution in [3.63, 3.8) is 0 Å². The van der Waals surface area contributed by atoms with Crippen LogP contribution in [0.4, 0.5) is 17.1 Å². The molecule has 0 aliphatic rings. The maximum Gasteiger partial charge on any atom is 0.299 e. The molecule has 11 nitrogen and oxygen atoms in total. The standard InChI is InChI=1S/C27H47N3O8/c1-2-3-4-5-6-7-8-9-10-11-12-16-35-18-20-37-22-23-38-21-19-36-17-15-28-26-14-13-25(29(31)32)24-27(26)30(33)34/h13-14,24,28H,2-12,15-23H2,1H3. The van der Waals surface area contributed by atoms with Gasteiger partial charge in [-0.2, -0.15) is 0 Å². The Bertz CT molecular complexity index is 751. The number of benzene rings is 1. The van der Waals surface area contributed by atoms with Crippen molar-refractivity contribution in [3.05, 3.63) is 38.4 Å². The fourth-order valence-corrected chi connectivity index (χ4v) is 3.82. The minimum atomic E-state index is -0.667. The SMILES string of the molecule is CCCCCCCCCCCCCOCCOCCOCCOCCNc1ccc([N+](=O)[O-])cc1[N+](=O)[O-]. The topological polar surface area (TPSA) is 135 Å². The Kier molecular flexibility index (Phi) is 21.1. The fourth-order valence-electron chi connectivity index (χ4n) is 3.82. The summed E-state index contributed by atoms with van der Waals surface area (Å²) in [7, 11) is 0. The first-order valence-electron chi connectivity index (χ1n) is 14.0. The molecule has 1 N–H and O–H groups in total. The van der Waals surface area contributed by atoms with Gasteiger partial charge in [0.25, 0.3) is 11.4 Å². The summed E-state index contributed by atoms with van der Waals surface area (Å²) in [5.41, 5.74) is -0.464. The van der Waals surface area contributed by atoms with E-state index in [0.29, 0.717) is 52.8 Å². The van der Waals surface area contributed by atoms with Gasteiger partial charge in [-0.05, 0) is 12.5 Å². The van der Waals surface area contributed by atoms with Gasteiger partial charge in [0.05, 0.1) is 62.2 Å². The highest BCUT2D eigenvalue weighted by atomic mass is 16.6. The maximum absolute atomic E-state index is 11.1. The van der Waals surface area contributed by atoms with Crippen LogP contribution in [0.25, 0.3) is 0 Å². The van der Waals surface area contributed by atoms with Gasteiger partial charge in [-0.1, -0.05) is 71.1 Å². The van der Waals surface area contributed by atoms with E-state index in [1.807, 2.05) is 0 Å². The van der Waals surface area contributed by atoms with Gasteiger partial charge in [0.15, 0.2) is 0 Å². The van der Waals surface area contributed by atoms with E-state index in [1.54, 1.807) is 0 Å². The summed E-state index contributed by atoms with van der Waals surface area (Å²) in [5.74, 6) is 0. The molecule has 1 aromatic rings. The highest BCUT2D eigenvalue weighted by Gasteiger charge is 2.18. The number of hydrogen-bond acceptors (Lipinski definition) is 9. The second-order valence-corrected chi connectivity index (χ2v) is 9.13. The number of ether oxygens (including phenoxy) is 4. The molecule has 0 fully saturated rings. The normalized spacial score (nSPS) is 11.1. The van der Waals surface area contributed by atoms with E-state index in [0.717, 1.165) is 19.1 Å². The third-order valence-electron chi connectivity index (χ3n) is 5.96. The molecule has 0 saturated heterocycles. The summed E-state index contributed by atoms with van der Waals surface area (Å²) in [5, 5.41) is 24.8. The smallest absolute Gasteiger partial charge is 0.299 e. The van der Waals surface area contributed by atoms with Crippen molar-refractivity contribution in [2.24, 2.45) is 0 Å². The molecule has 0 atom stereocenters. The summed E-state index contributed by atoms with van der Waals surface area (Å²) < 4.78 is 22.0. The van der Waals surface area contributed by atoms with Crippen molar-refractivity contribution in [1.82, 2.24) is 0 Å². The van der Waals surface area contributed by atoms with E-state index in [2.05, 4.69) is 12.2 Å². The van der Waals surface area contributed by atoms with E-state index in [4.69, 9.17) is 18.9 Å². The van der Waals surface area contributed by atoms with E-state index >= 15 is 0 Å². The van der Waals surface area contributed by atoms with Crippen molar-refractivity contribution in [2.75, 3.05) is 64.7 Å². The summed E-state index contributed by atoms with van der Waals surface area (Å²) in [6.07, 6.45) is 14.6. The maximum atomic E-state index is 11.1. The predicted octanol–water partition coefficient (Wildman–Crippen LogP) is 6.29. The first-order chi connectivity index (χ1) is 18.6. The van der Waals surface area contributed by atoms with Crippen LogP contribution >= 0.6 is 0 Å². The lowest BCUT2D eigenvalue weighted by Crippen LogP contribution is -2.15. The highest BCUT2D eigenvalue weighted by molar-refractivity contribution is 5.65. The quantitative estimate of drug-likeness (QED) is 0.0774. The summed E-state index contributed by atoms with van der Waals surface area (Å²) >= 11 is 0. The number of anilines is 1. The Morgan fingerprint density at radius 1 is 0.632 bits per heavy atom. The molecule has 0 aliphatic heterocycles. The minimum Gasteiger partial charge on any atom is -0.379 e. The molecule has 0 radical (unpaired) electrons. The molecule has 1 aromatic carbocycles. The van der Waals surface area contributed by atoms with Gasteiger partial charge >= 0.3 is 0 Å². The molecule has 1 rings (SSSR count). The van der Waals surface area contributed by atoms with Gasteiger partial charge in [-0.3, -0.25) is 20.2 Å². The molecule has 11 heteroatoms. The van der Waals surface area contributed by atoms with Crippen molar-refractivity contribution < 1.29 is 28.8 Å². The molecule has 0 aliphatic carbocycles. The van der Waals surface area contributed by atoms with Crippen LogP contribution in [-0.4, -0.2) is 69.2 Å². The van der Waals surface area contributed by atoms with Crippen LogP contribution in [0.3, 0.4) is 0 Å². The zero-order valence-electron chi connectivity index (χ0n) is 23.0. The highest BCUT2D eigenvalue weighted by Crippen LogP contribution is 2.28. The van der Waals surface area contributed by atoms with Crippen LogP contribution in [0, 0.1) is 20.2 Å². The average Bonchev–Trinajstić information content (AvgIpc) is 2.91. The van der Waals surface area contributed by atoms with E-state index in [9.17, 15) is 20.2 Å². The van der Waals surface area contributed by atoms with Crippen LogP contribution in [0.2, 0.25) is 0 Å². The van der Waals surface area contributed by atoms with E-state index in [-0.39, 0.29) is 17.1 Å². The van der Waals surface area contributed by atoms with Gasteiger partial charge in [-0.15, -0.1) is 0 Å². The van der Waals surface area contributed by atoms with Crippen molar-refractivity contribution in [2.45, 2.75) is 77.6 Å². The molecule has 0 aromatic heterocycles. The summed E-state index contributed by atoms with van der Waals surface area (Å²) in [4.78, 5) is 20.6. The van der Waals surface area contributed by atoms with Gasteiger partial charge in [-0.25, -0.2) is 0 Å². The molecular formula is C27H47N3O8. The molecule has 38 heavy (non-hydrogen) atoms. The van der Waals surface area contributed by atoms with Gasteiger partial charge < -0.3 is 24.3 Å². The number of nitro groups is 2. The second-order valence-electron chi connectivity index (χ2n) is 9.13. The first-order valence-corrected chi connectivity index (χ1v) is 14.0. The molecular weight excluding hydrogens is 494 g/mol. The lowest BCUT2D eigenvalue weighted by Gasteiger charge is -2.09. The largest absolute Gasteiger partial charge is 0.379 e. The van der Waals surface area contributed by atoms with Crippen molar-refractivity contribution >= 4 is 17.1 Å². The number of rotatable bonds is 27. The molecule has 0 heterocycles. The van der Waals surface area contributed by atoms with Crippen LogP contribution in [0.15, 0.2) is 18.2 Å². The Balaban J connectivity index is 1.83. The summed E-state index contributed by atoms with van der Waals surface area (Å²) in [6, 6.07) is 3.48. The van der Waals surface area contributed by atoms with Crippen LogP contribution < -0.4 is 5.32 Å². The van der Waals surface area contributed by atoms with Gasteiger partial charge in [0, 0.05) is 19.2 Å². The number of non-ortho nitro benzene ring substituents is 1. The lowest BCUT2D eigenvalue weighted by atomic mass is 10.1.